The van der Waals surface area contributed by atoms with Gasteiger partial charge in [0.25, 0.3) is 0 Å². The Balaban J connectivity index is 1.57. The maximum atomic E-state index is 5.32. The Labute approximate surface area is 112 Å². The predicted octanol–water partition coefficient (Wildman–Crippen LogP) is 1.96. The lowest BCUT2D eigenvalue weighted by molar-refractivity contribution is 0.507. The fourth-order valence-corrected chi connectivity index (χ4v) is 1.89. The third kappa shape index (κ3) is 3.32. The smallest absolute Gasteiger partial charge is 0.147 e. The molecule has 2 aromatic rings. The maximum absolute atomic E-state index is 5.32. The molecule has 1 saturated carbocycles. The highest BCUT2D eigenvalue weighted by atomic mass is 16.3. The molecule has 0 atom stereocenters. The number of rotatable bonds is 6. The van der Waals surface area contributed by atoms with Crippen molar-refractivity contribution in [2.24, 2.45) is 0 Å². The first-order valence-electron chi connectivity index (χ1n) is 6.59. The minimum absolute atomic E-state index is 0.696. The summed E-state index contributed by atoms with van der Waals surface area (Å²) in [6.45, 7) is 1.50. The first-order chi connectivity index (χ1) is 9.31. The highest BCUT2D eigenvalue weighted by Crippen LogP contribution is 2.19. The average molecular weight is 258 g/mol. The van der Waals surface area contributed by atoms with E-state index in [2.05, 4.69) is 15.3 Å². The number of nitrogens with zero attached hydrogens (tertiary/aromatic N) is 3. The molecule has 0 spiro atoms. The van der Waals surface area contributed by atoms with Gasteiger partial charge in [0.1, 0.15) is 11.6 Å². The molecule has 100 valence electrons. The van der Waals surface area contributed by atoms with Crippen LogP contribution in [0.2, 0.25) is 0 Å². The summed E-state index contributed by atoms with van der Waals surface area (Å²) in [7, 11) is 1.98. The summed E-state index contributed by atoms with van der Waals surface area (Å²) in [6.07, 6.45) is 7.91. The van der Waals surface area contributed by atoms with Crippen molar-refractivity contribution in [2.75, 3.05) is 11.9 Å². The molecule has 0 radical (unpaired) electrons. The lowest BCUT2D eigenvalue weighted by Crippen LogP contribution is -2.19. The van der Waals surface area contributed by atoms with Gasteiger partial charge in [0, 0.05) is 19.6 Å². The molecule has 0 unspecified atom stereocenters. The Hall–Kier alpha value is -1.88. The molecule has 2 aromatic heterocycles. The lowest BCUT2D eigenvalue weighted by atomic mass is 10.4. The van der Waals surface area contributed by atoms with Gasteiger partial charge in [0.2, 0.25) is 0 Å². The van der Waals surface area contributed by atoms with E-state index in [1.807, 2.05) is 36.5 Å². The molecule has 1 N–H and O–H groups in total. The molecule has 0 saturated heterocycles. The molecule has 1 fully saturated rings. The van der Waals surface area contributed by atoms with Crippen LogP contribution in [-0.2, 0) is 13.1 Å². The molecule has 19 heavy (non-hydrogen) atoms. The topological polar surface area (TPSA) is 54.2 Å². The third-order valence-electron chi connectivity index (χ3n) is 3.21. The molecule has 0 bridgehead atoms. The van der Waals surface area contributed by atoms with E-state index in [0.29, 0.717) is 12.6 Å². The van der Waals surface area contributed by atoms with E-state index < -0.39 is 0 Å². The Bertz CT molecular complexity index is 505. The minimum atomic E-state index is 0.696. The van der Waals surface area contributed by atoms with Gasteiger partial charge < -0.3 is 14.6 Å². The third-order valence-corrected chi connectivity index (χ3v) is 3.21. The second-order valence-corrected chi connectivity index (χ2v) is 4.96. The summed E-state index contributed by atoms with van der Waals surface area (Å²) in [5.41, 5.74) is 0.988. The zero-order valence-electron chi connectivity index (χ0n) is 11.0. The Morgan fingerprint density at radius 1 is 1.37 bits per heavy atom. The Morgan fingerprint density at radius 3 is 2.89 bits per heavy atom. The summed E-state index contributed by atoms with van der Waals surface area (Å²) in [4.78, 5) is 10.9. The van der Waals surface area contributed by atoms with Crippen LogP contribution in [0.4, 0.5) is 5.82 Å². The quantitative estimate of drug-likeness (QED) is 0.858. The van der Waals surface area contributed by atoms with Gasteiger partial charge in [-0.1, -0.05) is 0 Å². The minimum Gasteiger partial charge on any atom is -0.467 e. The van der Waals surface area contributed by atoms with E-state index in [1.54, 1.807) is 6.26 Å². The lowest BCUT2D eigenvalue weighted by Gasteiger charge is -2.16. The molecule has 5 nitrogen and oxygen atoms in total. The van der Waals surface area contributed by atoms with Gasteiger partial charge in [-0.05, 0) is 25.0 Å². The average Bonchev–Trinajstić information content (AvgIpc) is 3.13. The summed E-state index contributed by atoms with van der Waals surface area (Å²) in [5.74, 6) is 1.77. The Kier molecular flexibility index (Phi) is 3.46. The number of furan rings is 1. The van der Waals surface area contributed by atoms with E-state index in [0.717, 1.165) is 23.8 Å². The highest BCUT2D eigenvalue weighted by Gasteiger charge is 2.20. The molecular formula is C14H18N4O. The van der Waals surface area contributed by atoms with E-state index >= 15 is 0 Å². The molecule has 1 aliphatic rings. The van der Waals surface area contributed by atoms with Gasteiger partial charge in [-0.3, -0.25) is 4.98 Å². The van der Waals surface area contributed by atoms with Crippen LogP contribution in [0.1, 0.15) is 24.3 Å². The zero-order chi connectivity index (χ0) is 13.1. The van der Waals surface area contributed by atoms with Crippen LogP contribution >= 0.6 is 0 Å². The number of hydrogen-bond acceptors (Lipinski definition) is 5. The number of hydrogen-bond donors (Lipinski definition) is 1. The number of nitrogens with one attached hydrogen (secondary N) is 1. The fraction of sp³-hybridized carbons (Fsp3) is 0.429. The first kappa shape index (κ1) is 12.2. The Morgan fingerprint density at radius 2 is 2.26 bits per heavy atom. The van der Waals surface area contributed by atoms with Crippen LogP contribution in [0.25, 0.3) is 0 Å². The van der Waals surface area contributed by atoms with Crippen molar-refractivity contribution in [1.82, 2.24) is 15.3 Å². The second kappa shape index (κ2) is 5.40. The van der Waals surface area contributed by atoms with Crippen molar-refractivity contribution in [3.8, 4) is 0 Å². The van der Waals surface area contributed by atoms with Crippen molar-refractivity contribution in [3.63, 3.8) is 0 Å². The monoisotopic (exact) mass is 258 g/mol. The van der Waals surface area contributed by atoms with E-state index in [1.165, 1.54) is 12.8 Å². The molecule has 3 rings (SSSR count). The zero-order valence-corrected chi connectivity index (χ0v) is 11.0. The summed E-state index contributed by atoms with van der Waals surface area (Å²) in [6, 6.07) is 4.54. The summed E-state index contributed by atoms with van der Waals surface area (Å²) in [5, 5.41) is 3.43. The molecule has 0 aromatic carbocycles. The van der Waals surface area contributed by atoms with Crippen LogP contribution in [0, 0.1) is 0 Å². The number of aromatic nitrogens is 2. The van der Waals surface area contributed by atoms with Crippen LogP contribution in [0.15, 0.2) is 35.2 Å². The normalized spacial score (nSPS) is 14.6. The van der Waals surface area contributed by atoms with Crippen LogP contribution in [-0.4, -0.2) is 23.1 Å². The van der Waals surface area contributed by atoms with E-state index in [9.17, 15) is 0 Å². The van der Waals surface area contributed by atoms with E-state index in [4.69, 9.17) is 4.42 Å². The molecule has 2 heterocycles. The molecule has 0 amide bonds. The van der Waals surface area contributed by atoms with Gasteiger partial charge in [0.15, 0.2) is 0 Å². The van der Waals surface area contributed by atoms with Crippen LogP contribution in [0.5, 0.6) is 0 Å². The largest absolute Gasteiger partial charge is 0.467 e. The van der Waals surface area contributed by atoms with Crippen molar-refractivity contribution in [3.05, 3.63) is 42.2 Å². The van der Waals surface area contributed by atoms with Gasteiger partial charge in [-0.25, -0.2) is 4.98 Å². The molecular weight excluding hydrogens is 240 g/mol. The fourth-order valence-electron chi connectivity index (χ4n) is 1.89. The van der Waals surface area contributed by atoms with Crippen LogP contribution < -0.4 is 10.2 Å². The van der Waals surface area contributed by atoms with E-state index in [-0.39, 0.29) is 0 Å². The van der Waals surface area contributed by atoms with Crippen LogP contribution in [0.3, 0.4) is 0 Å². The summed E-state index contributed by atoms with van der Waals surface area (Å²) >= 11 is 0. The van der Waals surface area contributed by atoms with Crippen molar-refractivity contribution < 1.29 is 4.42 Å². The van der Waals surface area contributed by atoms with Crippen molar-refractivity contribution in [2.45, 2.75) is 32.0 Å². The number of anilines is 1. The highest BCUT2D eigenvalue weighted by molar-refractivity contribution is 5.34. The standard InChI is InChI=1S/C14H18N4O/c1-18(10-13-3-2-6-19-13)14-9-16-12(8-17-14)7-15-11-4-5-11/h2-3,6,8-9,11,15H,4-5,7,10H2,1H3. The van der Waals surface area contributed by atoms with Crippen molar-refractivity contribution in [1.29, 1.82) is 0 Å². The van der Waals surface area contributed by atoms with Gasteiger partial charge in [-0.15, -0.1) is 0 Å². The molecule has 1 aliphatic carbocycles. The first-order valence-corrected chi connectivity index (χ1v) is 6.59. The maximum Gasteiger partial charge on any atom is 0.147 e. The van der Waals surface area contributed by atoms with Gasteiger partial charge in [0.05, 0.1) is 30.9 Å². The molecule has 0 aliphatic heterocycles. The van der Waals surface area contributed by atoms with Crippen molar-refractivity contribution >= 4 is 5.82 Å². The van der Waals surface area contributed by atoms with Gasteiger partial charge >= 0.3 is 0 Å². The molecule has 5 heteroatoms. The summed E-state index contributed by atoms with van der Waals surface area (Å²) < 4.78 is 5.32. The van der Waals surface area contributed by atoms with Gasteiger partial charge in [-0.2, -0.15) is 0 Å². The second-order valence-electron chi connectivity index (χ2n) is 4.96. The predicted molar refractivity (Wildman–Crippen MR) is 72.7 cm³/mol. The SMILES string of the molecule is CN(Cc1ccco1)c1cnc(CNC2CC2)cn1.